The highest BCUT2D eigenvalue weighted by Gasteiger charge is 2.29. The molecule has 2 rings (SSSR count). The van der Waals surface area contributed by atoms with E-state index in [0.717, 1.165) is 25.0 Å². The van der Waals surface area contributed by atoms with Crippen LogP contribution in [0.1, 0.15) is 30.1 Å². The average Bonchev–Trinajstić information content (AvgIpc) is 2.46. The van der Waals surface area contributed by atoms with Crippen LogP contribution in [-0.2, 0) is 0 Å². The number of likely N-dealkylation sites (tertiary alicyclic amines) is 1. The molecule has 1 saturated heterocycles. The van der Waals surface area contributed by atoms with Crippen molar-refractivity contribution in [2.24, 2.45) is 0 Å². The van der Waals surface area contributed by atoms with E-state index in [1.165, 1.54) is 6.07 Å². The van der Waals surface area contributed by atoms with Crippen LogP contribution in [0.5, 0.6) is 0 Å². The van der Waals surface area contributed by atoms with Gasteiger partial charge in [0, 0.05) is 38.3 Å². The molecule has 0 spiro atoms. The summed E-state index contributed by atoms with van der Waals surface area (Å²) in [5.41, 5.74) is 0.145. The first kappa shape index (κ1) is 16.8. The van der Waals surface area contributed by atoms with Crippen LogP contribution in [0, 0.1) is 11.6 Å². The second kappa shape index (κ2) is 7.15. The molecule has 1 N–H and O–H groups in total. The van der Waals surface area contributed by atoms with Crippen molar-refractivity contribution in [3.05, 3.63) is 35.4 Å². The second-order valence-corrected chi connectivity index (χ2v) is 5.86. The van der Waals surface area contributed by atoms with Crippen molar-refractivity contribution in [1.82, 2.24) is 9.80 Å². The Bertz CT molecular complexity index is 533. The Morgan fingerprint density at radius 1 is 1.41 bits per heavy atom. The van der Waals surface area contributed by atoms with Crippen molar-refractivity contribution in [1.29, 1.82) is 0 Å². The van der Waals surface area contributed by atoms with Crippen molar-refractivity contribution in [2.45, 2.75) is 31.9 Å². The molecule has 1 amide bonds. The lowest BCUT2D eigenvalue weighted by molar-refractivity contribution is -0.0113. The topological polar surface area (TPSA) is 43.8 Å². The Hall–Kier alpha value is -1.53. The molecule has 0 aromatic heterocycles. The number of aliphatic hydroxyl groups is 1. The lowest BCUT2D eigenvalue weighted by Gasteiger charge is -2.40. The van der Waals surface area contributed by atoms with E-state index in [2.05, 4.69) is 4.90 Å². The molecule has 1 unspecified atom stereocenters. The molecule has 22 heavy (non-hydrogen) atoms. The summed E-state index contributed by atoms with van der Waals surface area (Å²) in [6, 6.07) is 3.19. The van der Waals surface area contributed by atoms with E-state index in [-0.39, 0.29) is 23.6 Å². The summed E-state index contributed by atoms with van der Waals surface area (Å²) in [4.78, 5) is 16.1. The number of hydrogen-bond acceptors (Lipinski definition) is 3. The third kappa shape index (κ3) is 3.81. The van der Waals surface area contributed by atoms with Crippen molar-refractivity contribution in [3.63, 3.8) is 0 Å². The third-order valence-corrected chi connectivity index (χ3v) is 4.06. The van der Waals surface area contributed by atoms with Gasteiger partial charge in [-0.15, -0.1) is 0 Å². The van der Waals surface area contributed by atoms with Gasteiger partial charge in [-0.1, -0.05) is 13.3 Å². The third-order valence-electron chi connectivity index (χ3n) is 4.06. The zero-order valence-corrected chi connectivity index (χ0v) is 12.9. The monoisotopic (exact) mass is 312 g/mol. The normalized spacial score (nSPS) is 17.1. The Morgan fingerprint density at radius 2 is 2.09 bits per heavy atom. The summed E-state index contributed by atoms with van der Waals surface area (Å²) in [5, 5.41) is 9.34. The highest BCUT2D eigenvalue weighted by atomic mass is 19.2. The van der Waals surface area contributed by atoms with E-state index >= 15 is 0 Å². The quantitative estimate of drug-likeness (QED) is 0.872. The van der Waals surface area contributed by atoms with E-state index in [9.17, 15) is 18.7 Å². The average molecular weight is 312 g/mol. The number of halogens is 2. The number of aliphatic hydroxyl groups excluding tert-OH is 1. The smallest absolute Gasteiger partial charge is 0.253 e. The Balaban J connectivity index is 2.05. The van der Waals surface area contributed by atoms with Crippen LogP contribution in [0.3, 0.4) is 0 Å². The number of nitrogens with zero attached hydrogens (tertiary/aromatic N) is 2. The molecule has 6 heteroatoms. The van der Waals surface area contributed by atoms with Gasteiger partial charge < -0.3 is 10.0 Å². The largest absolute Gasteiger partial charge is 0.390 e. The fourth-order valence-corrected chi connectivity index (χ4v) is 2.73. The predicted molar refractivity (Wildman–Crippen MR) is 79.6 cm³/mol. The van der Waals surface area contributed by atoms with Gasteiger partial charge >= 0.3 is 0 Å². The van der Waals surface area contributed by atoms with Crippen LogP contribution in [0.15, 0.2) is 18.2 Å². The first-order valence-corrected chi connectivity index (χ1v) is 7.55. The fourth-order valence-electron chi connectivity index (χ4n) is 2.73. The van der Waals surface area contributed by atoms with Gasteiger partial charge in [0.1, 0.15) is 0 Å². The van der Waals surface area contributed by atoms with Gasteiger partial charge in [-0.3, -0.25) is 9.69 Å². The molecule has 1 fully saturated rings. The maximum Gasteiger partial charge on any atom is 0.253 e. The second-order valence-electron chi connectivity index (χ2n) is 5.86. The highest BCUT2D eigenvalue weighted by Crippen LogP contribution is 2.17. The van der Waals surface area contributed by atoms with Gasteiger partial charge in [0.2, 0.25) is 0 Å². The van der Waals surface area contributed by atoms with Crippen LogP contribution >= 0.6 is 0 Å². The standard InChI is InChI=1S/C16H22F2N2O2/c1-3-4-12(8-20-9-13(21)10-20)19(2)16(22)11-5-6-14(17)15(18)7-11/h5-7,12-13,21H,3-4,8-10H2,1-2H3. The number of amides is 1. The van der Waals surface area contributed by atoms with Gasteiger partial charge in [-0.25, -0.2) is 8.78 Å². The maximum atomic E-state index is 13.3. The van der Waals surface area contributed by atoms with Gasteiger partial charge in [-0.2, -0.15) is 0 Å². The maximum absolute atomic E-state index is 13.3. The van der Waals surface area contributed by atoms with Crippen molar-refractivity contribution in [3.8, 4) is 0 Å². The zero-order valence-electron chi connectivity index (χ0n) is 12.9. The molecule has 0 radical (unpaired) electrons. The van der Waals surface area contributed by atoms with Crippen LogP contribution in [0.25, 0.3) is 0 Å². The van der Waals surface area contributed by atoms with E-state index in [1.54, 1.807) is 11.9 Å². The van der Waals surface area contributed by atoms with Crippen LogP contribution in [0.4, 0.5) is 8.78 Å². The lowest BCUT2D eigenvalue weighted by atomic mass is 10.0. The summed E-state index contributed by atoms with van der Waals surface area (Å²) in [6.07, 6.45) is 1.45. The number of hydrogen-bond donors (Lipinski definition) is 1. The zero-order chi connectivity index (χ0) is 16.3. The number of carbonyl (C=O) groups is 1. The Labute approximate surface area is 129 Å². The minimum atomic E-state index is -1.02. The molecule has 1 aromatic rings. The molecule has 1 heterocycles. The van der Waals surface area contributed by atoms with Crippen molar-refractivity contribution in [2.75, 3.05) is 26.7 Å². The molecule has 4 nitrogen and oxygen atoms in total. The molecule has 1 atom stereocenters. The first-order chi connectivity index (χ1) is 10.4. The predicted octanol–water partition coefficient (Wildman–Crippen LogP) is 1.88. The molecule has 0 aliphatic carbocycles. The fraction of sp³-hybridized carbons (Fsp3) is 0.562. The lowest BCUT2D eigenvalue weighted by Crippen LogP contribution is -2.55. The number of likely N-dealkylation sites (N-methyl/N-ethyl adjacent to an activating group) is 1. The summed E-state index contributed by atoms with van der Waals surface area (Å²) in [6.45, 7) is 3.95. The van der Waals surface area contributed by atoms with Gasteiger partial charge in [0.15, 0.2) is 11.6 Å². The van der Waals surface area contributed by atoms with E-state index < -0.39 is 11.6 Å². The molecule has 1 aromatic carbocycles. The molecule has 0 saturated carbocycles. The number of β-amino-alcohol motifs (C(OH)–C–C–N with tert-alkyl or cyclic N) is 1. The van der Waals surface area contributed by atoms with Crippen LogP contribution in [-0.4, -0.2) is 59.6 Å². The SMILES string of the molecule is CCCC(CN1CC(O)C1)N(C)C(=O)c1ccc(F)c(F)c1. The molecule has 0 bridgehead atoms. The van der Waals surface area contributed by atoms with E-state index in [0.29, 0.717) is 19.6 Å². The first-order valence-electron chi connectivity index (χ1n) is 7.55. The molecular formula is C16H22F2N2O2. The minimum Gasteiger partial charge on any atom is -0.390 e. The van der Waals surface area contributed by atoms with E-state index in [1.807, 2.05) is 6.92 Å². The minimum absolute atomic E-state index is 0.0156. The number of rotatable bonds is 6. The molecule has 1 aliphatic heterocycles. The van der Waals surface area contributed by atoms with Crippen molar-refractivity contribution < 1.29 is 18.7 Å². The van der Waals surface area contributed by atoms with Crippen LogP contribution in [0.2, 0.25) is 0 Å². The van der Waals surface area contributed by atoms with Crippen molar-refractivity contribution >= 4 is 5.91 Å². The summed E-state index contributed by atoms with van der Waals surface area (Å²) in [7, 11) is 1.68. The van der Waals surface area contributed by atoms with Gasteiger partial charge in [0.25, 0.3) is 5.91 Å². The molecular weight excluding hydrogens is 290 g/mol. The highest BCUT2D eigenvalue weighted by molar-refractivity contribution is 5.94. The number of benzene rings is 1. The summed E-state index contributed by atoms with van der Waals surface area (Å²) >= 11 is 0. The summed E-state index contributed by atoms with van der Waals surface area (Å²) in [5.74, 6) is -2.30. The van der Waals surface area contributed by atoms with E-state index in [4.69, 9.17) is 0 Å². The molecule has 122 valence electrons. The van der Waals surface area contributed by atoms with Gasteiger partial charge in [-0.05, 0) is 24.6 Å². The number of carbonyl (C=O) groups excluding carboxylic acids is 1. The molecule has 1 aliphatic rings. The van der Waals surface area contributed by atoms with Crippen LogP contribution < -0.4 is 0 Å². The van der Waals surface area contributed by atoms with Gasteiger partial charge in [0.05, 0.1) is 6.10 Å². The summed E-state index contributed by atoms with van der Waals surface area (Å²) < 4.78 is 26.3. The Morgan fingerprint density at radius 3 is 2.64 bits per heavy atom. The Kier molecular flexibility index (Phi) is 5.47.